The van der Waals surface area contributed by atoms with Gasteiger partial charge >= 0.3 is 5.97 Å². The number of carboxylic acid groups (broad SMARTS) is 1. The molecule has 0 saturated carbocycles. The van der Waals surface area contributed by atoms with E-state index in [1.807, 2.05) is 0 Å². The lowest BCUT2D eigenvalue weighted by atomic mass is 10.1. The summed E-state index contributed by atoms with van der Waals surface area (Å²) in [6, 6.07) is 3.36. The van der Waals surface area contributed by atoms with E-state index in [1.54, 1.807) is 0 Å². The number of carbonyl (C=O) groups is 2. The maximum Gasteiger partial charge on any atom is 0.337 e. The van der Waals surface area contributed by atoms with Crippen molar-refractivity contribution in [1.82, 2.24) is 0 Å². The summed E-state index contributed by atoms with van der Waals surface area (Å²) in [5, 5.41) is 9.72. The number of nitrogens with zero attached hydrogens (tertiary/aromatic N) is 1. The van der Waals surface area contributed by atoms with Gasteiger partial charge in [-0.25, -0.2) is 9.18 Å². The lowest BCUT2D eigenvalue weighted by Gasteiger charge is -2.18. The second-order valence-electron chi connectivity index (χ2n) is 4.20. The average molecular weight is 316 g/mol. The van der Waals surface area contributed by atoms with Crippen LogP contribution in [0.1, 0.15) is 16.8 Å². The lowest BCUT2D eigenvalue weighted by Crippen LogP contribution is -2.26. The van der Waals surface area contributed by atoms with E-state index in [9.17, 15) is 14.0 Å². The van der Waals surface area contributed by atoms with Crippen molar-refractivity contribution in [2.45, 2.75) is 6.42 Å². The third-order valence-electron chi connectivity index (χ3n) is 2.90. The summed E-state index contributed by atoms with van der Waals surface area (Å²) in [5.74, 6) is -1.76. The van der Waals surface area contributed by atoms with E-state index >= 15 is 0 Å². The molecule has 0 radical (unpaired) electrons. The van der Waals surface area contributed by atoms with Crippen LogP contribution in [0.2, 0.25) is 0 Å². The molecule has 18 heavy (non-hydrogen) atoms. The second-order valence-corrected chi connectivity index (χ2v) is 4.84. The quantitative estimate of drug-likeness (QED) is 0.870. The topological polar surface area (TPSA) is 57.6 Å². The summed E-state index contributed by atoms with van der Waals surface area (Å²) < 4.78 is 13.2. The van der Waals surface area contributed by atoms with Crippen LogP contribution >= 0.6 is 15.9 Å². The Labute approximate surface area is 112 Å². The minimum Gasteiger partial charge on any atom is -0.478 e. The molecule has 0 spiro atoms. The van der Waals surface area contributed by atoms with Crippen LogP contribution in [0.25, 0.3) is 0 Å². The molecule has 1 fully saturated rings. The van der Waals surface area contributed by atoms with E-state index in [-0.39, 0.29) is 23.1 Å². The van der Waals surface area contributed by atoms with Crippen LogP contribution in [-0.4, -0.2) is 28.9 Å². The molecule has 1 N–H and O–H groups in total. The molecule has 1 amide bonds. The normalized spacial score (nSPS) is 19.3. The van der Waals surface area contributed by atoms with Gasteiger partial charge in [0.25, 0.3) is 0 Å². The summed E-state index contributed by atoms with van der Waals surface area (Å²) in [7, 11) is 0. The highest BCUT2D eigenvalue weighted by atomic mass is 79.9. The van der Waals surface area contributed by atoms with Crippen molar-refractivity contribution in [3.05, 3.63) is 29.6 Å². The molecule has 96 valence electrons. The number of carboxylic acids is 1. The number of carbonyl (C=O) groups excluding carboxylic acids is 1. The van der Waals surface area contributed by atoms with Crippen molar-refractivity contribution in [2.24, 2.45) is 5.92 Å². The first-order valence-corrected chi connectivity index (χ1v) is 6.54. The molecular weight excluding hydrogens is 305 g/mol. The summed E-state index contributed by atoms with van der Waals surface area (Å²) >= 11 is 3.30. The van der Waals surface area contributed by atoms with Gasteiger partial charge in [-0.05, 0) is 24.1 Å². The van der Waals surface area contributed by atoms with E-state index in [2.05, 4.69) is 15.9 Å². The second kappa shape index (κ2) is 5.06. The molecule has 1 aliphatic heterocycles. The third kappa shape index (κ3) is 2.38. The Morgan fingerprint density at radius 2 is 2.28 bits per heavy atom. The minimum atomic E-state index is -1.17. The smallest absolute Gasteiger partial charge is 0.337 e. The van der Waals surface area contributed by atoms with Gasteiger partial charge in [0.15, 0.2) is 0 Å². The largest absolute Gasteiger partial charge is 0.478 e. The van der Waals surface area contributed by atoms with Crippen molar-refractivity contribution >= 4 is 33.5 Å². The van der Waals surface area contributed by atoms with E-state index in [1.165, 1.54) is 11.0 Å². The fraction of sp³-hybridized carbons (Fsp3) is 0.333. The van der Waals surface area contributed by atoms with Crippen molar-refractivity contribution in [3.8, 4) is 0 Å². The Bertz CT molecular complexity index is 506. The van der Waals surface area contributed by atoms with Crippen LogP contribution in [0.15, 0.2) is 18.2 Å². The molecule has 0 aliphatic carbocycles. The van der Waals surface area contributed by atoms with Gasteiger partial charge < -0.3 is 10.0 Å². The predicted octanol–water partition coefficient (Wildman–Crippen LogP) is 2.27. The number of rotatable bonds is 3. The number of halogens is 2. The first-order chi connectivity index (χ1) is 8.52. The Hall–Kier alpha value is -1.43. The highest BCUT2D eigenvalue weighted by molar-refractivity contribution is 9.09. The van der Waals surface area contributed by atoms with Crippen LogP contribution in [0, 0.1) is 11.7 Å². The van der Waals surface area contributed by atoms with Gasteiger partial charge in [0, 0.05) is 18.3 Å². The van der Waals surface area contributed by atoms with Crippen molar-refractivity contribution in [3.63, 3.8) is 0 Å². The molecular formula is C12H11BrFNO3. The van der Waals surface area contributed by atoms with Crippen LogP contribution in [-0.2, 0) is 4.79 Å². The zero-order valence-electron chi connectivity index (χ0n) is 9.40. The van der Waals surface area contributed by atoms with Crippen LogP contribution in [0.3, 0.4) is 0 Å². The van der Waals surface area contributed by atoms with Gasteiger partial charge in [0.1, 0.15) is 5.82 Å². The Morgan fingerprint density at radius 3 is 2.83 bits per heavy atom. The van der Waals surface area contributed by atoms with Gasteiger partial charge in [-0.15, -0.1) is 0 Å². The summed E-state index contributed by atoms with van der Waals surface area (Å²) in [6.07, 6.45) is 0.348. The standard InChI is InChI=1S/C12H11BrFNO3/c13-5-7-3-11(16)15(6-7)10-4-8(14)1-2-9(10)12(17)18/h1-2,4,7H,3,5-6H2,(H,17,18). The van der Waals surface area contributed by atoms with Gasteiger partial charge in [-0.1, -0.05) is 15.9 Å². The number of amides is 1. The van der Waals surface area contributed by atoms with E-state index in [4.69, 9.17) is 5.11 Å². The van der Waals surface area contributed by atoms with Crippen LogP contribution < -0.4 is 4.90 Å². The van der Waals surface area contributed by atoms with Crippen LogP contribution in [0.4, 0.5) is 10.1 Å². The highest BCUT2D eigenvalue weighted by Crippen LogP contribution is 2.29. The van der Waals surface area contributed by atoms with Gasteiger partial charge in [0.2, 0.25) is 5.91 Å². The molecule has 0 aromatic heterocycles. The molecule has 1 unspecified atom stereocenters. The van der Waals surface area contributed by atoms with Gasteiger partial charge in [-0.3, -0.25) is 4.79 Å². The zero-order valence-corrected chi connectivity index (χ0v) is 11.0. The van der Waals surface area contributed by atoms with Gasteiger partial charge in [0.05, 0.1) is 11.3 Å². The molecule has 4 nitrogen and oxygen atoms in total. The summed E-state index contributed by atoms with van der Waals surface area (Å²) in [4.78, 5) is 24.2. The first kappa shape index (κ1) is 13.0. The van der Waals surface area contributed by atoms with E-state index in [0.29, 0.717) is 18.3 Å². The number of anilines is 1. The average Bonchev–Trinajstić information content (AvgIpc) is 2.70. The Balaban J connectivity index is 2.41. The molecule has 1 aromatic carbocycles. The number of alkyl halides is 1. The monoisotopic (exact) mass is 315 g/mol. The fourth-order valence-electron chi connectivity index (χ4n) is 2.03. The minimum absolute atomic E-state index is 0.0556. The summed E-state index contributed by atoms with van der Waals surface area (Å²) in [5.41, 5.74) is 0.0796. The third-order valence-corrected chi connectivity index (χ3v) is 3.82. The number of hydrogen-bond donors (Lipinski definition) is 1. The summed E-state index contributed by atoms with van der Waals surface area (Å²) in [6.45, 7) is 0.411. The molecule has 1 atom stereocenters. The van der Waals surface area contributed by atoms with E-state index in [0.717, 1.165) is 12.1 Å². The molecule has 1 aliphatic rings. The van der Waals surface area contributed by atoms with Crippen molar-refractivity contribution < 1.29 is 19.1 Å². The number of hydrogen-bond acceptors (Lipinski definition) is 2. The SMILES string of the molecule is O=C(O)c1ccc(F)cc1N1CC(CBr)CC1=O. The maximum atomic E-state index is 13.2. The predicted molar refractivity (Wildman–Crippen MR) is 67.6 cm³/mol. The zero-order chi connectivity index (χ0) is 13.3. The highest BCUT2D eigenvalue weighted by Gasteiger charge is 2.32. The molecule has 0 bridgehead atoms. The fourth-order valence-corrected chi connectivity index (χ4v) is 2.46. The molecule has 6 heteroatoms. The lowest BCUT2D eigenvalue weighted by molar-refractivity contribution is -0.117. The Morgan fingerprint density at radius 1 is 1.56 bits per heavy atom. The van der Waals surface area contributed by atoms with Gasteiger partial charge in [-0.2, -0.15) is 0 Å². The number of benzene rings is 1. The Kier molecular flexibility index (Phi) is 3.65. The molecule has 2 rings (SSSR count). The molecule has 1 aromatic rings. The first-order valence-electron chi connectivity index (χ1n) is 5.42. The molecule has 1 saturated heterocycles. The van der Waals surface area contributed by atoms with Crippen molar-refractivity contribution in [2.75, 3.05) is 16.8 Å². The number of aromatic carboxylic acids is 1. The maximum absolute atomic E-state index is 13.2. The molecule has 1 heterocycles. The van der Waals surface area contributed by atoms with Crippen LogP contribution in [0.5, 0.6) is 0 Å². The van der Waals surface area contributed by atoms with E-state index < -0.39 is 11.8 Å². The van der Waals surface area contributed by atoms with Crippen molar-refractivity contribution in [1.29, 1.82) is 0 Å².